The van der Waals surface area contributed by atoms with Gasteiger partial charge in [-0.25, -0.2) is 29.9 Å². The smallest absolute Gasteiger partial charge is 0.227 e. The molecule has 5 aliphatic rings. The van der Waals surface area contributed by atoms with Crippen LogP contribution in [0.25, 0.3) is 43.6 Å². The molecule has 4 N–H and O–H groups in total. The van der Waals surface area contributed by atoms with Crippen LogP contribution in [0.2, 0.25) is 15.7 Å². The number of nitrogens with zero attached hydrogens (tertiary/aromatic N) is 15. The molecule has 9 heterocycles. The standard InChI is InChI=1S/C30H42N6O2.C24H29ClN4O2.C23H36N6O2.C16H12Cl2N2O2/c1-22(2)35-15-11-24(12-16-35)31-29-25-19-27(37-4)28(38-21-23-9-6-5-7-10-23)20-26(25)32-30(33-29)36-14-8-13-34(3)17-18-36;1-16(2)29-11-9-18(10-12-29)26-23-19-13-21(30-3)22(14-20(19)27-24(25)28-23)31-15-17-7-5-4-6-8-17;1-16(2)28-10-6-17(7-11-28)24-22-18-14-21(31-4)20(30)15-19(18)25-23(26-22)29-9-5-8-27(3)12-13-29;1-21-13-7-11-12(19-16(18)20-15(11)17)8-14(13)22-9-10-5-3-2-4-6-10/h5-7,9-10,19-20,22,24H,8,11-18,21H2,1-4H3,(H,31,32,33);4-8,13-14,16,18H,9-12,15H2,1-3H3,(H,26,27,28);14-17,30H,5-13H2,1-4H3,(H,24,25,26);2-8H,9H2,1H3. The lowest BCUT2D eigenvalue weighted by atomic mass is 10.0. The third-order valence-corrected chi connectivity index (χ3v) is 24.0. The second kappa shape index (κ2) is 43.3. The molecule has 5 aliphatic heterocycles. The number of fused-ring (bicyclic) bond motifs is 4. The Labute approximate surface area is 732 Å². The van der Waals surface area contributed by atoms with Crippen LogP contribution in [0.5, 0.6) is 46.0 Å². The zero-order valence-electron chi connectivity index (χ0n) is 72.6. The van der Waals surface area contributed by atoms with Crippen LogP contribution in [0, 0.1) is 0 Å². The van der Waals surface area contributed by atoms with Crippen molar-refractivity contribution in [3.05, 3.63) is 172 Å². The molecule has 650 valence electrons. The minimum Gasteiger partial charge on any atom is -0.504 e. The minimum atomic E-state index is 0.0941. The monoisotopic (exact) mass is 1720 g/mol. The average Bonchev–Trinajstić information content (AvgIpc) is 0.931. The van der Waals surface area contributed by atoms with Gasteiger partial charge >= 0.3 is 0 Å². The summed E-state index contributed by atoms with van der Waals surface area (Å²) in [5.41, 5.74) is 6.20. The molecule has 29 heteroatoms. The molecule has 0 spiro atoms. The summed E-state index contributed by atoms with van der Waals surface area (Å²) in [6.07, 6.45) is 8.69. The van der Waals surface area contributed by atoms with Gasteiger partial charge in [0.1, 0.15) is 42.4 Å². The van der Waals surface area contributed by atoms with Crippen molar-refractivity contribution in [3.63, 3.8) is 0 Å². The molecular formula is C93H119Cl3N18O8. The van der Waals surface area contributed by atoms with E-state index >= 15 is 0 Å². The Morgan fingerprint density at radius 1 is 0.352 bits per heavy atom. The molecule has 0 aliphatic carbocycles. The van der Waals surface area contributed by atoms with Crippen LogP contribution < -0.4 is 58.9 Å². The molecule has 0 unspecified atom stereocenters. The lowest BCUT2D eigenvalue weighted by Crippen LogP contribution is -2.42. The first-order chi connectivity index (χ1) is 59.1. The molecule has 0 bridgehead atoms. The predicted octanol–water partition coefficient (Wildman–Crippen LogP) is 17.1. The summed E-state index contributed by atoms with van der Waals surface area (Å²) in [5.74, 6) is 8.33. The number of methoxy groups -OCH3 is 4. The van der Waals surface area contributed by atoms with Crippen LogP contribution in [0.4, 0.5) is 29.4 Å². The molecule has 5 saturated heterocycles. The molecule has 0 saturated carbocycles. The molecule has 0 atom stereocenters. The summed E-state index contributed by atoms with van der Waals surface area (Å²) >= 11 is 18.2. The van der Waals surface area contributed by atoms with E-state index in [0.29, 0.717) is 107 Å². The van der Waals surface area contributed by atoms with Crippen LogP contribution in [0.15, 0.2) is 140 Å². The van der Waals surface area contributed by atoms with Crippen LogP contribution in [0.1, 0.15) is 110 Å². The van der Waals surface area contributed by atoms with E-state index in [1.54, 1.807) is 46.6 Å². The number of halogens is 3. The van der Waals surface area contributed by atoms with Gasteiger partial charge in [0, 0.05) is 161 Å². The second-order valence-electron chi connectivity index (χ2n) is 32.7. The number of nitrogens with one attached hydrogen (secondary N) is 3. The van der Waals surface area contributed by atoms with E-state index in [2.05, 4.69) is 138 Å². The fourth-order valence-corrected chi connectivity index (χ4v) is 16.6. The number of hydrogen-bond acceptors (Lipinski definition) is 26. The normalized spacial score (nSPS) is 16.5. The highest BCUT2D eigenvalue weighted by Gasteiger charge is 2.29. The van der Waals surface area contributed by atoms with Gasteiger partial charge in [0.25, 0.3) is 0 Å². The summed E-state index contributed by atoms with van der Waals surface area (Å²) in [6, 6.07) is 47.8. The van der Waals surface area contributed by atoms with Crippen LogP contribution in [0.3, 0.4) is 0 Å². The lowest BCUT2D eigenvalue weighted by molar-refractivity contribution is 0.177. The number of aromatic hydroxyl groups is 1. The molecule has 11 aromatic rings. The average molecular weight is 1720 g/mol. The molecule has 5 fully saturated rings. The SMILES string of the molecule is COc1cc2c(Cl)nc(Cl)nc2cc1OCc1ccccc1.COc1cc2c(NC3CCN(C(C)C)CC3)nc(Cl)nc2cc1OCc1ccccc1.COc1cc2c(NC3CCN(C(C)C)CC3)nc(N3CCCN(C)CC3)nc2cc1O.COc1cc2c(NC3CCN(C(C)C)CC3)nc(N3CCCN(C)CC3)nc2cc1OCc1ccccc1. The molecule has 7 aromatic carbocycles. The first kappa shape index (κ1) is 89.7. The van der Waals surface area contributed by atoms with E-state index in [0.717, 1.165) is 222 Å². The van der Waals surface area contributed by atoms with Crippen molar-refractivity contribution in [2.75, 3.05) is 160 Å². The molecule has 4 aromatic heterocycles. The van der Waals surface area contributed by atoms with Crippen LogP contribution >= 0.6 is 34.8 Å². The number of likely N-dealkylation sites (N-methyl/N-ethyl adjacent to an activating group) is 2. The van der Waals surface area contributed by atoms with Gasteiger partial charge in [-0.3, -0.25) is 0 Å². The zero-order valence-corrected chi connectivity index (χ0v) is 74.8. The summed E-state index contributed by atoms with van der Waals surface area (Å²) in [5, 5.41) is 25.4. The van der Waals surface area contributed by atoms with E-state index in [1.807, 2.05) is 109 Å². The van der Waals surface area contributed by atoms with Gasteiger partial charge in [-0.05, 0) is 184 Å². The maximum atomic E-state index is 10.4. The third-order valence-electron chi connectivity index (χ3n) is 23.3. The number of ether oxygens (including phenoxy) is 7. The largest absolute Gasteiger partial charge is 0.504 e. The number of piperidine rings is 3. The number of aromatic nitrogens is 8. The molecule has 0 amide bonds. The van der Waals surface area contributed by atoms with Gasteiger partial charge in [0.15, 0.2) is 46.0 Å². The van der Waals surface area contributed by atoms with E-state index in [9.17, 15) is 5.11 Å². The Morgan fingerprint density at radius 3 is 1.03 bits per heavy atom. The first-order valence-corrected chi connectivity index (χ1v) is 43.9. The minimum absolute atomic E-state index is 0.0941. The molecule has 26 nitrogen and oxygen atoms in total. The highest BCUT2D eigenvalue weighted by Crippen LogP contribution is 2.41. The Kier molecular flexibility index (Phi) is 31.9. The first-order valence-electron chi connectivity index (χ1n) is 42.8. The van der Waals surface area contributed by atoms with Crippen molar-refractivity contribution >= 4 is 108 Å². The summed E-state index contributed by atoms with van der Waals surface area (Å²) < 4.78 is 40.2. The van der Waals surface area contributed by atoms with Crippen molar-refractivity contribution in [3.8, 4) is 46.0 Å². The second-order valence-corrected chi connectivity index (χ2v) is 33.8. The molecular weight excluding hydrogens is 1600 g/mol. The van der Waals surface area contributed by atoms with Crippen molar-refractivity contribution in [1.29, 1.82) is 0 Å². The number of likely N-dealkylation sites (tertiary alicyclic amines) is 3. The Balaban J connectivity index is 0.000000142. The zero-order chi connectivity index (χ0) is 85.8. The van der Waals surface area contributed by atoms with Gasteiger partial charge in [-0.2, -0.15) is 9.97 Å². The number of phenolic OH excluding ortho intramolecular Hbond substituents is 1. The number of rotatable bonds is 24. The predicted molar refractivity (Wildman–Crippen MR) is 492 cm³/mol. The van der Waals surface area contributed by atoms with Crippen LogP contribution in [-0.2, 0) is 19.8 Å². The van der Waals surface area contributed by atoms with Crippen molar-refractivity contribution in [1.82, 2.24) is 64.4 Å². The van der Waals surface area contributed by atoms with Gasteiger partial charge in [0.05, 0.1) is 50.5 Å². The maximum Gasteiger partial charge on any atom is 0.227 e. The van der Waals surface area contributed by atoms with E-state index in [1.165, 1.54) is 0 Å². The molecule has 0 radical (unpaired) electrons. The highest BCUT2D eigenvalue weighted by atomic mass is 35.5. The van der Waals surface area contributed by atoms with E-state index in [-0.39, 0.29) is 21.5 Å². The van der Waals surface area contributed by atoms with Crippen molar-refractivity contribution in [2.45, 2.75) is 149 Å². The van der Waals surface area contributed by atoms with E-state index < -0.39 is 0 Å². The van der Waals surface area contributed by atoms with Crippen molar-refractivity contribution < 1.29 is 38.3 Å². The number of phenols is 1. The fourth-order valence-electron chi connectivity index (χ4n) is 16.0. The van der Waals surface area contributed by atoms with Gasteiger partial charge in [-0.15, -0.1) is 0 Å². The van der Waals surface area contributed by atoms with Crippen molar-refractivity contribution in [2.24, 2.45) is 0 Å². The van der Waals surface area contributed by atoms with Gasteiger partial charge in [0.2, 0.25) is 22.5 Å². The number of benzene rings is 7. The fraction of sp³-hybridized carbons (Fsp3) is 0.462. The molecule has 16 rings (SSSR count). The Morgan fingerprint density at radius 2 is 0.672 bits per heavy atom. The summed E-state index contributed by atoms with van der Waals surface area (Å²) in [7, 11) is 10.8. The number of hydrogen-bond donors (Lipinski definition) is 4. The summed E-state index contributed by atoms with van der Waals surface area (Å²) in [6.45, 7) is 29.3. The quantitative estimate of drug-likeness (QED) is 0.0324. The topological polar surface area (TPSA) is 247 Å². The molecule has 122 heavy (non-hydrogen) atoms. The maximum absolute atomic E-state index is 10.4. The summed E-state index contributed by atoms with van der Waals surface area (Å²) in [4.78, 5) is 53.9. The third kappa shape index (κ3) is 24.1. The van der Waals surface area contributed by atoms with Gasteiger partial charge in [-0.1, -0.05) is 103 Å². The number of anilines is 5. The highest BCUT2D eigenvalue weighted by molar-refractivity contribution is 6.35. The van der Waals surface area contributed by atoms with Gasteiger partial charge < -0.3 is 88.5 Å². The lowest BCUT2D eigenvalue weighted by Gasteiger charge is -2.35. The Hall–Kier alpha value is -10.0. The van der Waals surface area contributed by atoms with E-state index in [4.69, 9.17) is 87.9 Å². The Bertz CT molecular complexity index is 5210. The van der Waals surface area contributed by atoms with Crippen LogP contribution in [-0.4, -0.2) is 240 Å².